The predicted molar refractivity (Wildman–Crippen MR) is 135 cm³/mol. The molecule has 35 heavy (non-hydrogen) atoms. The molecule has 4 heterocycles. The minimum Gasteiger partial charge on any atom is -0.381 e. The predicted octanol–water partition coefficient (Wildman–Crippen LogP) is 4.49. The highest BCUT2D eigenvalue weighted by molar-refractivity contribution is 6.00. The molecule has 2 aromatic rings. The van der Waals surface area contributed by atoms with Crippen molar-refractivity contribution in [2.75, 3.05) is 35.3 Å². The molecular formula is C28H34N4O3. The molecule has 0 radical (unpaired) electrons. The number of hydrogen-bond donors (Lipinski definition) is 1. The Labute approximate surface area is 206 Å². The van der Waals surface area contributed by atoms with Crippen LogP contribution in [0, 0.1) is 17.8 Å². The van der Waals surface area contributed by atoms with Gasteiger partial charge < -0.3 is 24.6 Å². The van der Waals surface area contributed by atoms with E-state index in [1.807, 2.05) is 24.3 Å². The van der Waals surface area contributed by atoms with Gasteiger partial charge >= 0.3 is 0 Å². The van der Waals surface area contributed by atoms with Gasteiger partial charge in [0, 0.05) is 43.6 Å². The normalized spacial score (nSPS) is 33.1. The van der Waals surface area contributed by atoms with Crippen LogP contribution in [0.5, 0.6) is 0 Å². The van der Waals surface area contributed by atoms with E-state index in [1.54, 1.807) is 0 Å². The van der Waals surface area contributed by atoms with Crippen molar-refractivity contribution in [1.82, 2.24) is 4.98 Å². The largest absolute Gasteiger partial charge is 0.381 e. The number of hydrogen-bond acceptors (Lipinski definition) is 6. The van der Waals surface area contributed by atoms with Crippen LogP contribution in [0.4, 0.5) is 22.9 Å². The van der Waals surface area contributed by atoms with Crippen LogP contribution in [0.3, 0.4) is 0 Å². The molecule has 7 rings (SSSR count). The van der Waals surface area contributed by atoms with Gasteiger partial charge in [-0.05, 0) is 74.6 Å². The number of aromatic nitrogens is 1. The first-order chi connectivity index (χ1) is 17.2. The van der Waals surface area contributed by atoms with Crippen LogP contribution in [0.1, 0.15) is 44.1 Å². The van der Waals surface area contributed by atoms with Gasteiger partial charge in [0.2, 0.25) is 5.91 Å². The minimum atomic E-state index is 0.0640. The molecule has 3 unspecified atom stereocenters. The van der Waals surface area contributed by atoms with Crippen molar-refractivity contribution in [1.29, 1.82) is 0 Å². The average molecular weight is 475 g/mol. The Hall–Kier alpha value is -2.64. The van der Waals surface area contributed by atoms with Gasteiger partial charge in [-0.3, -0.25) is 4.79 Å². The lowest BCUT2D eigenvalue weighted by Gasteiger charge is -2.35. The molecule has 1 aromatic carbocycles. The molecule has 5 aliphatic rings. The molecule has 1 N–H and O–H groups in total. The first kappa shape index (κ1) is 21.6. The highest BCUT2D eigenvalue weighted by Crippen LogP contribution is 2.50. The summed E-state index contributed by atoms with van der Waals surface area (Å²) in [6.07, 6.45) is 9.27. The van der Waals surface area contributed by atoms with E-state index in [1.165, 1.54) is 5.69 Å². The summed E-state index contributed by atoms with van der Waals surface area (Å²) in [7, 11) is 1.82. The summed E-state index contributed by atoms with van der Waals surface area (Å²) in [6.45, 7) is 2.38. The Balaban J connectivity index is 1.25. The van der Waals surface area contributed by atoms with Crippen molar-refractivity contribution in [2.24, 2.45) is 17.8 Å². The zero-order valence-corrected chi connectivity index (χ0v) is 20.4. The second-order valence-electron chi connectivity index (χ2n) is 11.0. The van der Waals surface area contributed by atoms with E-state index in [0.29, 0.717) is 36.7 Å². The highest BCUT2D eigenvalue weighted by atomic mass is 16.5. The van der Waals surface area contributed by atoms with Crippen molar-refractivity contribution < 1.29 is 14.3 Å². The van der Waals surface area contributed by atoms with Gasteiger partial charge in [-0.15, -0.1) is 0 Å². The molecule has 7 nitrogen and oxygen atoms in total. The second-order valence-corrected chi connectivity index (χ2v) is 11.0. The number of carbonyl (C=O) groups is 1. The number of benzene rings is 1. The monoisotopic (exact) mass is 474 g/mol. The number of fused-ring (bicyclic) bond motifs is 5. The van der Waals surface area contributed by atoms with E-state index in [-0.39, 0.29) is 11.8 Å². The number of nitrogens with one attached hydrogen (secondary N) is 1. The fourth-order valence-electron chi connectivity index (χ4n) is 7.48. The summed E-state index contributed by atoms with van der Waals surface area (Å²) in [5, 5.41) is 3.53. The van der Waals surface area contributed by atoms with Crippen LogP contribution in [-0.4, -0.2) is 49.4 Å². The third-order valence-corrected chi connectivity index (χ3v) is 9.18. The number of amides is 1. The van der Waals surface area contributed by atoms with Crippen molar-refractivity contribution in [2.45, 2.75) is 63.4 Å². The molecular weight excluding hydrogens is 440 g/mol. The van der Waals surface area contributed by atoms with Crippen LogP contribution in [0.15, 0.2) is 36.5 Å². The van der Waals surface area contributed by atoms with Crippen LogP contribution >= 0.6 is 0 Å². The van der Waals surface area contributed by atoms with Crippen molar-refractivity contribution >= 4 is 28.8 Å². The number of nitrogens with zero attached hydrogens (tertiary/aromatic N) is 3. The standard InChI is InChI=1S/C28H34N4O3/c1-34-26-11-9-21-22(26)7-8-23(21)28(33)32-14-17-3-2-12-29-27(17)30-24-10-4-18(13-25(24)32)31-15-19-5-6-20(16-31)35-19/h2-4,10,12-13,19-23,26H,5-9,11,14-16H2,1H3,(H,29,30)/t19?,20?,21-,22?,23+,26-/m1/s1. The maximum absolute atomic E-state index is 14.3. The molecule has 2 bridgehead atoms. The summed E-state index contributed by atoms with van der Waals surface area (Å²) in [6, 6.07) is 10.6. The van der Waals surface area contributed by atoms with Gasteiger partial charge in [0.15, 0.2) is 0 Å². The lowest BCUT2D eigenvalue weighted by molar-refractivity contribution is -0.123. The van der Waals surface area contributed by atoms with Crippen LogP contribution in [-0.2, 0) is 20.8 Å². The molecule has 7 heteroatoms. The van der Waals surface area contributed by atoms with E-state index in [0.717, 1.165) is 74.4 Å². The number of ether oxygens (including phenoxy) is 2. The molecule has 2 saturated heterocycles. The number of methoxy groups -OCH3 is 1. The van der Waals surface area contributed by atoms with Crippen molar-refractivity contribution in [3.05, 3.63) is 42.1 Å². The molecule has 1 amide bonds. The van der Waals surface area contributed by atoms with E-state index < -0.39 is 0 Å². The van der Waals surface area contributed by atoms with Crippen LogP contribution in [0.2, 0.25) is 0 Å². The molecule has 4 fully saturated rings. The lowest BCUT2D eigenvalue weighted by Crippen LogP contribution is -2.42. The molecule has 1 aromatic heterocycles. The quantitative estimate of drug-likeness (QED) is 0.707. The summed E-state index contributed by atoms with van der Waals surface area (Å²) >= 11 is 0. The smallest absolute Gasteiger partial charge is 0.230 e. The third-order valence-electron chi connectivity index (χ3n) is 9.18. The van der Waals surface area contributed by atoms with Crippen LogP contribution in [0.25, 0.3) is 0 Å². The SMILES string of the molecule is CO[C@@H]1CC[C@@H]2C1CC[C@@H]2C(=O)N1Cc2cccnc2Nc2ccc(N3CC4CCC(C3)O4)cc21. The van der Waals surface area contributed by atoms with Gasteiger partial charge in [-0.1, -0.05) is 6.07 Å². The Morgan fingerprint density at radius 3 is 2.71 bits per heavy atom. The summed E-state index contributed by atoms with van der Waals surface area (Å²) in [4.78, 5) is 23.3. The van der Waals surface area contributed by atoms with Gasteiger partial charge in [0.25, 0.3) is 0 Å². The molecule has 6 atom stereocenters. The molecule has 2 saturated carbocycles. The topological polar surface area (TPSA) is 66.9 Å². The number of carbonyl (C=O) groups excluding carboxylic acids is 1. The Morgan fingerprint density at radius 1 is 1.06 bits per heavy atom. The van der Waals surface area contributed by atoms with Gasteiger partial charge in [0.05, 0.1) is 36.2 Å². The van der Waals surface area contributed by atoms with Gasteiger partial charge in [-0.25, -0.2) is 4.98 Å². The van der Waals surface area contributed by atoms with E-state index in [4.69, 9.17) is 9.47 Å². The molecule has 3 aliphatic heterocycles. The fourth-order valence-corrected chi connectivity index (χ4v) is 7.48. The van der Waals surface area contributed by atoms with Crippen LogP contribution < -0.4 is 15.1 Å². The number of morpholine rings is 1. The van der Waals surface area contributed by atoms with Gasteiger partial charge in [-0.2, -0.15) is 0 Å². The Bertz CT molecular complexity index is 1130. The average Bonchev–Trinajstić information content (AvgIpc) is 3.54. The second kappa shape index (κ2) is 8.49. The molecule has 184 valence electrons. The lowest BCUT2D eigenvalue weighted by atomic mass is 9.90. The maximum Gasteiger partial charge on any atom is 0.230 e. The number of rotatable bonds is 3. The van der Waals surface area contributed by atoms with E-state index in [2.05, 4.69) is 39.5 Å². The highest BCUT2D eigenvalue weighted by Gasteiger charge is 2.49. The maximum atomic E-state index is 14.3. The van der Waals surface area contributed by atoms with Crippen molar-refractivity contribution in [3.63, 3.8) is 0 Å². The number of anilines is 4. The van der Waals surface area contributed by atoms with E-state index >= 15 is 0 Å². The number of pyridine rings is 1. The Kier molecular flexibility index (Phi) is 5.24. The first-order valence-corrected chi connectivity index (χ1v) is 13.3. The zero-order chi connectivity index (χ0) is 23.5. The minimum absolute atomic E-state index is 0.0640. The van der Waals surface area contributed by atoms with Gasteiger partial charge in [0.1, 0.15) is 5.82 Å². The van der Waals surface area contributed by atoms with E-state index in [9.17, 15) is 4.79 Å². The Morgan fingerprint density at radius 2 is 1.89 bits per heavy atom. The molecule has 2 aliphatic carbocycles. The summed E-state index contributed by atoms with van der Waals surface area (Å²) in [5.41, 5.74) is 4.14. The zero-order valence-electron chi connectivity index (χ0n) is 20.4. The summed E-state index contributed by atoms with van der Waals surface area (Å²) in [5.74, 6) is 2.11. The first-order valence-electron chi connectivity index (χ1n) is 13.3. The fraction of sp³-hybridized carbons (Fsp3) is 0.571. The van der Waals surface area contributed by atoms with Crippen molar-refractivity contribution in [3.8, 4) is 0 Å². The molecule has 0 spiro atoms. The third kappa shape index (κ3) is 3.62. The summed E-state index contributed by atoms with van der Waals surface area (Å²) < 4.78 is 11.8.